The van der Waals surface area contributed by atoms with Gasteiger partial charge in [0.05, 0.1) is 12.8 Å². The van der Waals surface area contributed by atoms with Gasteiger partial charge in [0.1, 0.15) is 0 Å². The first kappa shape index (κ1) is 24.4. The van der Waals surface area contributed by atoms with E-state index in [0.717, 1.165) is 49.9 Å². The molecule has 0 unspecified atom stereocenters. The predicted molar refractivity (Wildman–Crippen MR) is 128 cm³/mol. The van der Waals surface area contributed by atoms with Gasteiger partial charge in [-0.15, -0.1) is 24.0 Å². The molecule has 0 spiro atoms. The number of rotatable bonds is 5. The van der Waals surface area contributed by atoms with E-state index in [1.807, 2.05) is 31.8 Å². The van der Waals surface area contributed by atoms with Gasteiger partial charge in [-0.1, -0.05) is 6.07 Å². The zero-order chi connectivity index (χ0) is 21.0. The highest BCUT2D eigenvalue weighted by Crippen LogP contribution is 2.19. The van der Waals surface area contributed by atoms with E-state index in [-0.39, 0.29) is 35.5 Å². The zero-order valence-corrected chi connectivity index (χ0v) is 20.7. The number of methoxy groups -OCH3 is 1. The standard InChI is InChI=1S/C21H31FN6O.HI/c1-15-18(16(2)26(4)25-15)13-24-21(23-3)28-10-8-27(9-11-28)14-17-6-7-20(29-5)19(22)12-17;/h6-7,12H,8-11,13-14H2,1-5H3,(H,23,24);1H. The van der Waals surface area contributed by atoms with Gasteiger partial charge in [0.15, 0.2) is 17.5 Å². The van der Waals surface area contributed by atoms with Crippen LogP contribution < -0.4 is 10.1 Å². The van der Waals surface area contributed by atoms with Gasteiger partial charge < -0.3 is 15.0 Å². The van der Waals surface area contributed by atoms with Crippen LogP contribution in [0.3, 0.4) is 0 Å². The molecule has 1 saturated heterocycles. The molecule has 3 rings (SSSR count). The van der Waals surface area contributed by atoms with E-state index in [9.17, 15) is 4.39 Å². The summed E-state index contributed by atoms with van der Waals surface area (Å²) in [6.07, 6.45) is 0. The Hall–Kier alpha value is -1.88. The van der Waals surface area contributed by atoms with Crippen LogP contribution >= 0.6 is 24.0 Å². The van der Waals surface area contributed by atoms with Gasteiger partial charge in [0.2, 0.25) is 0 Å². The SMILES string of the molecule is CN=C(NCc1c(C)nn(C)c1C)N1CCN(Cc2ccc(OC)c(F)c2)CC1.I. The quantitative estimate of drug-likeness (QED) is 0.366. The number of hydrogen-bond donors (Lipinski definition) is 1. The number of aromatic nitrogens is 2. The fraction of sp³-hybridized carbons (Fsp3) is 0.524. The van der Waals surface area contributed by atoms with Crippen LogP contribution in [0.5, 0.6) is 5.75 Å². The molecule has 0 amide bonds. The van der Waals surface area contributed by atoms with Crippen molar-refractivity contribution in [3.63, 3.8) is 0 Å². The van der Waals surface area contributed by atoms with Crippen molar-refractivity contribution in [1.29, 1.82) is 0 Å². The van der Waals surface area contributed by atoms with Crippen molar-refractivity contribution in [2.24, 2.45) is 12.0 Å². The number of nitrogens with one attached hydrogen (secondary N) is 1. The van der Waals surface area contributed by atoms with Crippen LogP contribution in [0.2, 0.25) is 0 Å². The summed E-state index contributed by atoms with van der Waals surface area (Å²) in [6, 6.07) is 5.17. The predicted octanol–water partition coefficient (Wildman–Crippen LogP) is 2.70. The van der Waals surface area contributed by atoms with Crippen molar-refractivity contribution in [3.05, 3.63) is 46.5 Å². The van der Waals surface area contributed by atoms with Crippen LogP contribution in [-0.2, 0) is 20.1 Å². The second kappa shape index (κ2) is 10.9. The van der Waals surface area contributed by atoms with Gasteiger partial charge in [0.25, 0.3) is 0 Å². The third-order valence-electron chi connectivity index (χ3n) is 5.59. The number of aliphatic imine (C=N–C) groups is 1. The normalized spacial score (nSPS) is 15.1. The van der Waals surface area contributed by atoms with Crippen LogP contribution in [0.15, 0.2) is 23.2 Å². The molecule has 1 aromatic heterocycles. The molecule has 0 atom stereocenters. The Labute approximate surface area is 195 Å². The van der Waals surface area contributed by atoms with Crippen molar-refractivity contribution < 1.29 is 9.13 Å². The lowest BCUT2D eigenvalue weighted by Crippen LogP contribution is -2.52. The second-order valence-corrected chi connectivity index (χ2v) is 7.41. The molecule has 2 aromatic rings. The second-order valence-electron chi connectivity index (χ2n) is 7.41. The van der Waals surface area contributed by atoms with Crippen LogP contribution in [0, 0.1) is 19.7 Å². The van der Waals surface area contributed by atoms with Crippen LogP contribution in [0.1, 0.15) is 22.5 Å². The molecular weight excluding hydrogens is 498 g/mol. The number of halogens is 2. The third kappa shape index (κ3) is 5.63. The first-order valence-corrected chi connectivity index (χ1v) is 9.92. The van der Waals surface area contributed by atoms with E-state index >= 15 is 0 Å². The number of ether oxygens (including phenoxy) is 1. The molecule has 0 radical (unpaired) electrons. The maximum atomic E-state index is 13.9. The van der Waals surface area contributed by atoms with Gasteiger partial charge in [-0.25, -0.2) is 4.39 Å². The fourth-order valence-corrected chi connectivity index (χ4v) is 3.76. The Balaban J connectivity index is 0.00000320. The van der Waals surface area contributed by atoms with Gasteiger partial charge in [-0.05, 0) is 31.5 Å². The lowest BCUT2D eigenvalue weighted by molar-refractivity contribution is 0.172. The Morgan fingerprint density at radius 1 is 1.23 bits per heavy atom. The molecule has 2 heterocycles. The van der Waals surface area contributed by atoms with Crippen LogP contribution in [0.4, 0.5) is 4.39 Å². The van der Waals surface area contributed by atoms with E-state index in [4.69, 9.17) is 4.74 Å². The molecule has 166 valence electrons. The van der Waals surface area contributed by atoms with Crippen LogP contribution in [-0.4, -0.2) is 65.9 Å². The summed E-state index contributed by atoms with van der Waals surface area (Å²) >= 11 is 0. The monoisotopic (exact) mass is 530 g/mol. The third-order valence-corrected chi connectivity index (χ3v) is 5.59. The zero-order valence-electron chi connectivity index (χ0n) is 18.4. The molecular formula is C21H32FIN6O. The minimum atomic E-state index is -0.311. The number of benzene rings is 1. The summed E-state index contributed by atoms with van der Waals surface area (Å²) in [5.41, 5.74) is 4.39. The van der Waals surface area contributed by atoms with E-state index < -0.39 is 0 Å². The maximum absolute atomic E-state index is 13.9. The van der Waals surface area contributed by atoms with Crippen molar-refractivity contribution in [3.8, 4) is 5.75 Å². The first-order valence-electron chi connectivity index (χ1n) is 9.92. The minimum absolute atomic E-state index is 0. The molecule has 1 aliphatic rings. The summed E-state index contributed by atoms with van der Waals surface area (Å²) in [5, 5.41) is 7.95. The average molecular weight is 530 g/mol. The van der Waals surface area contributed by atoms with Gasteiger partial charge >= 0.3 is 0 Å². The van der Waals surface area contributed by atoms with Crippen molar-refractivity contribution in [2.75, 3.05) is 40.3 Å². The Morgan fingerprint density at radius 3 is 2.47 bits per heavy atom. The number of piperazine rings is 1. The van der Waals surface area contributed by atoms with Gasteiger partial charge in [-0.2, -0.15) is 5.10 Å². The van der Waals surface area contributed by atoms with Gasteiger partial charge in [-0.3, -0.25) is 14.6 Å². The Bertz CT molecular complexity index is 877. The average Bonchev–Trinajstić information content (AvgIpc) is 2.95. The maximum Gasteiger partial charge on any atom is 0.194 e. The van der Waals surface area contributed by atoms with E-state index in [1.54, 1.807) is 12.1 Å². The van der Waals surface area contributed by atoms with Crippen LogP contribution in [0.25, 0.3) is 0 Å². The summed E-state index contributed by atoms with van der Waals surface area (Å²) in [5.74, 6) is 0.879. The lowest BCUT2D eigenvalue weighted by atomic mass is 10.2. The Kier molecular flexibility index (Phi) is 8.90. The molecule has 1 aliphatic heterocycles. The topological polar surface area (TPSA) is 57.9 Å². The molecule has 1 aromatic carbocycles. The highest BCUT2D eigenvalue weighted by atomic mass is 127. The molecule has 0 saturated carbocycles. The lowest BCUT2D eigenvalue weighted by Gasteiger charge is -2.36. The number of aryl methyl sites for hydroxylation is 2. The summed E-state index contributed by atoms with van der Waals surface area (Å²) in [4.78, 5) is 9.06. The first-order chi connectivity index (χ1) is 13.9. The number of guanidine groups is 1. The van der Waals surface area contributed by atoms with Crippen molar-refractivity contribution in [1.82, 2.24) is 24.9 Å². The van der Waals surface area contributed by atoms with E-state index in [1.165, 1.54) is 18.4 Å². The smallest absolute Gasteiger partial charge is 0.194 e. The largest absolute Gasteiger partial charge is 0.494 e. The molecule has 1 N–H and O–H groups in total. The number of nitrogens with zero attached hydrogens (tertiary/aromatic N) is 5. The highest BCUT2D eigenvalue weighted by molar-refractivity contribution is 14.0. The molecule has 7 nitrogen and oxygen atoms in total. The van der Waals surface area contributed by atoms with Crippen molar-refractivity contribution in [2.45, 2.75) is 26.9 Å². The molecule has 9 heteroatoms. The fourth-order valence-electron chi connectivity index (χ4n) is 3.76. The summed E-state index contributed by atoms with van der Waals surface area (Å²) in [7, 11) is 5.27. The summed E-state index contributed by atoms with van der Waals surface area (Å²) in [6.45, 7) is 9.12. The highest BCUT2D eigenvalue weighted by Gasteiger charge is 2.20. The molecule has 0 bridgehead atoms. The van der Waals surface area contributed by atoms with E-state index in [2.05, 4.69) is 32.1 Å². The van der Waals surface area contributed by atoms with Crippen molar-refractivity contribution >= 4 is 29.9 Å². The molecule has 30 heavy (non-hydrogen) atoms. The van der Waals surface area contributed by atoms with Gasteiger partial charge in [0, 0.05) is 64.6 Å². The van der Waals surface area contributed by atoms with E-state index in [0.29, 0.717) is 6.54 Å². The Morgan fingerprint density at radius 2 is 1.93 bits per heavy atom. The molecule has 0 aliphatic carbocycles. The number of hydrogen-bond acceptors (Lipinski definition) is 4. The summed E-state index contributed by atoms with van der Waals surface area (Å²) < 4.78 is 20.8. The molecule has 1 fully saturated rings. The minimum Gasteiger partial charge on any atom is -0.494 e.